The van der Waals surface area contributed by atoms with E-state index >= 15 is 0 Å². The highest BCUT2D eigenvalue weighted by Crippen LogP contribution is 2.09. The maximum absolute atomic E-state index is 4.04. The van der Waals surface area contributed by atoms with E-state index in [1.165, 1.54) is 6.42 Å². The Kier molecular flexibility index (Phi) is 3.96. The second-order valence-corrected chi connectivity index (χ2v) is 3.49. The Hall–Kier alpha value is -0.830. The van der Waals surface area contributed by atoms with Crippen LogP contribution in [0.5, 0.6) is 0 Å². The minimum absolute atomic E-state index is 0.467. The Balaban J connectivity index is 2.43. The molecule has 1 aromatic heterocycles. The molecule has 3 nitrogen and oxygen atoms in total. The predicted molar refractivity (Wildman–Crippen MR) is 54.7 cm³/mol. The number of hydrogen-bond acceptors (Lipinski definition) is 2. The summed E-state index contributed by atoms with van der Waals surface area (Å²) in [6.45, 7) is 7.68. The van der Waals surface area contributed by atoms with Gasteiger partial charge in [0, 0.05) is 24.5 Å². The minimum atomic E-state index is 0.467. The third kappa shape index (κ3) is 2.84. The number of imidazole rings is 1. The van der Waals surface area contributed by atoms with Crippen molar-refractivity contribution < 1.29 is 0 Å². The molecule has 0 saturated heterocycles. The molecular weight excluding hydrogens is 162 g/mol. The van der Waals surface area contributed by atoms with Gasteiger partial charge >= 0.3 is 0 Å². The predicted octanol–water partition coefficient (Wildman–Crippen LogP) is 1.83. The van der Waals surface area contributed by atoms with Crippen LogP contribution in [0.3, 0.4) is 0 Å². The van der Waals surface area contributed by atoms with Crippen LogP contribution in [0.4, 0.5) is 0 Å². The van der Waals surface area contributed by atoms with Crippen molar-refractivity contribution in [1.82, 2.24) is 14.9 Å². The minimum Gasteiger partial charge on any atom is -0.333 e. The normalized spacial score (nSPS) is 15.6. The van der Waals surface area contributed by atoms with E-state index in [2.05, 4.69) is 35.6 Å². The quantitative estimate of drug-likeness (QED) is 0.751. The lowest BCUT2D eigenvalue weighted by Crippen LogP contribution is -2.33. The molecule has 0 saturated carbocycles. The van der Waals surface area contributed by atoms with Gasteiger partial charge < -0.3 is 9.88 Å². The molecule has 0 bridgehead atoms. The standard InChI is InChI=1S/C10H19N3/c1-4-5-12-9(2)10(3)13-7-6-11-8-13/h6-10,12H,4-5H2,1-3H3. The van der Waals surface area contributed by atoms with Crippen molar-refractivity contribution in [2.24, 2.45) is 0 Å². The van der Waals surface area contributed by atoms with Crippen LogP contribution in [0.25, 0.3) is 0 Å². The number of nitrogens with one attached hydrogen (secondary N) is 1. The van der Waals surface area contributed by atoms with Gasteiger partial charge in [0.05, 0.1) is 6.33 Å². The third-order valence-corrected chi connectivity index (χ3v) is 2.44. The smallest absolute Gasteiger partial charge is 0.0948 e. The zero-order chi connectivity index (χ0) is 9.68. The summed E-state index contributed by atoms with van der Waals surface area (Å²) in [4.78, 5) is 4.04. The topological polar surface area (TPSA) is 29.9 Å². The van der Waals surface area contributed by atoms with Crippen molar-refractivity contribution in [3.63, 3.8) is 0 Å². The van der Waals surface area contributed by atoms with Crippen LogP contribution < -0.4 is 5.32 Å². The fraction of sp³-hybridized carbons (Fsp3) is 0.700. The van der Waals surface area contributed by atoms with Gasteiger partial charge in [0.2, 0.25) is 0 Å². The van der Waals surface area contributed by atoms with Gasteiger partial charge in [-0.1, -0.05) is 6.92 Å². The Morgan fingerprint density at radius 3 is 2.77 bits per heavy atom. The molecular formula is C10H19N3. The van der Waals surface area contributed by atoms with Gasteiger partial charge in [-0.3, -0.25) is 0 Å². The van der Waals surface area contributed by atoms with Crippen LogP contribution in [-0.4, -0.2) is 22.1 Å². The number of aromatic nitrogens is 2. The molecule has 2 unspecified atom stereocenters. The molecule has 1 N–H and O–H groups in total. The summed E-state index contributed by atoms with van der Waals surface area (Å²) in [6.07, 6.45) is 6.88. The summed E-state index contributed by atoms with van der Waals surface area (Å²) < 4.78 is 2.13. The van der Waals surface area contributed by atoms with Gasteiger partial charge in [-0.25, -0.2) is 4.98 Å². The number of rotatable bonds is 5. The lowest BCUT2D eigenvalue weighted by molar-refractivity contribution is 0.392. The highest BCUT2D eigenvalue weighted by molar-refractivity contribution is 4.83. The Labute approximate surface area is 80.2 Å². The first kappa shape index (κ1) is 10.3. The van der Waals surface area contributed by atoms with Gasteiger partial charge in [0.15, 0.2) is 0 Å². The summed E-state index contributed by atoms with van der Waals surface area (Å²) in [6, 6.07) is 0.961. The Morgan fingerprint density at radius 1 is 1.46 bits per heavy atom. The first-order valence-electron chi connectivity index (χ1n) is 4.96. The third-order valence-electron chi connectivity index (χ3n) is 2.44. The van der Waals surface area contributed by atoms with E-state index in [-0.39, 0.29) is 0 Å². The molecule has 1 rings (SSSR count). The summed E-state index contributed by atoms with van der Waals surface area (Å²) in [5, 5.41) is 3.47. The van der Waals surface area contributed by atoms with Crippen molar-refractivity contribution in [2.75, 3.05) is 6.54 Å². The summed E-state index contributed by atoms with van der Waals surface area (Å²) >= 11 is 0. The molecule has 0 aliphatic carbocycles. The highest BCUT2D eigenvalue weighted by Gasteiger charge is 2.11. The molecule has 0 aliphatic heterocycles. The summed E-state index contributed by atoms with van der Waals surface area (Å²) in [5.41, 5.74) is 0. The molecule has 0 fully saturated rings. The van der Waals surface area contributed by atoms with E-state index in [4.69, 9.17) is 0 Å². The van der Waals surface area contributed by atoms with Gasteiger partial charge in [-0.05, 0) is 26.8 Å². The maximum Gasteiger partial charge on any atom is 0.0948 e. The fourth-order valence-electron chi connectivity index (χ4n) is 1.31. The van der Waals surface area contributed by atoms with Crippen molar-refractivity contribution in [3.05, 3.63) is 18.7 Å². The molecule has 3 heteroatoms. The second kappa shape index (κ2) is 5.02. The van der Waals surface area contributed by atoms with E-state index in [0.29, 0.717) is 12.1 Å². The molecule has 1 heterocycles. The largest absolute Gasteiger partial charge is 0.333 e. The first-order chi connectivity index (χ1) is 6.25. The van der Waals surface area contributed by atoms with Gasteiger partial charge in [-0.2, -0.15) is 0 Å². The molecule has 0 amide bonds. The van der Waals surface area contributed by atoms with Crippen molar-refractivity contribution in [3.8, 4) is 0 Å². The van der Waals surface area contributed by atoms with E-state index in [1.54, 1.807) is 0 Å². The van der Waals surface area contributed by atoms with E-state index in [1.807, 2.05) is 18.7 Å². The first-order valence-corrected chi connectivity index (χ1v) is 4.96. The van der Waals surface area contributed by atoms with E-state index < -0.39 is 0 Å². The SMILES string of the molecule is CCCNC(C)C(C)n1ccnc1. The molecule has 0 aromatic carbocycles. The van der Waals surface area contributed by atoms with Crippen LogP contribution in [0.15, 0.2) is 18.7 Å². The molecule has 1 aromatic rings. The monoisotopic (exact) mass is 181 g/mol. The summed E-state index contributed by atoms with van der Waals surface area (Å²) in [7, 11) is 0. The zero-order valence-corrected chi connectivity index (χ0v) is 8.70. The van der Waals surface area contributed by atoms with Gasteiger partial charge in [-0.15, -0.1) is 0 Å². The number of nitrogens with zero attached hydrogens (tertiary/aromatic N) is 2. The van der Waals surface area contributed by atoms with Crippen LogP contribution in [0.2, 0.25) is 0 Å². The molecule has 0 radical (unpaired) electrons. The van der Waals surface area contributed by atoms with Gasteiger partial charge in [0.1, 0.15) is 0 Å². The van der Waals surface area contributed by atoms with Crippen LogP contribution >= 0.6 is 0 Å². The Morgan fingerprint density at radius 2 is 2.23 bits per heavy atom. The highest BCUT2D eigenvalue weighted by atomic mass is 15.1. The van der Waals surface area contributed by atoms with Crippen LogP contribution in [0, 0.1) is 0 Å². The molecule has 2 atom stereocenters. The Bertz CT molecular complexity index is 218. The average Bonchev–Trinajstić information content (AvgIpc) is 2.65. The van der Waals surface area contributed by atoms with Crippen LogP contribution in [0.1, 0.15) is 33.2 Å². The lowest BCUT2D eigenvalue weighted by atomic mass is 10.1. The molecule has 74 valence electrons. The number of hydrogen-bond donors (Lipinski definition) is 1. The lowest BCUT2D eigenvalue weighted by Gasteiger charge is -2.22. The molecule has 13 heavy (non-hydrogen) atoms. The van der Waals surface area contributed by atoms with Crippen molar-refractivity contribution in [2.45, 2.75) is 39.3 Å². The van der Waals surface area contributed by atoms with Crippen molar-refractivity contribution >= 4 is 0 Å². The maximum atomic E-state index is 4.04. The zero-order valence-electron chi connectivity index (χ0n) is 8.70. The molecule has 0 aliphatic rings. The second-order valence-electron chi connectivity index (χ2n) is 3.49. The average molecular weight is 181 g/mol. The van der Waals surface area contributed by atoms with Crippen molar-refractivity contribution in [1.29, 1.82) is 0 Å². The molecule has 0 spiro atoms. The van der Waals surface area contributed by atoms with E-state index in [0.717, 1.165) is 6.54 Å². The summed E-state index contributed by atoms with van der Waals surface area (Å²) in [5.74, 6) is 0. The van der Waals surface area contributed by atoms with Crippen LogP contribution in [-0.2, 0) is 0 Å². The fourth-order valence-corrected chi connectivity index (χ4v) is 1.31. The van der Waals surface area contributed by atoms with E-state index in [9.17, 15) is 0 Å². The van der Waals surface area contributed by atoms with Gasteiger partial charge in [0.25, 0.3) is 0 Å².